The quantitative estimate of drug-likeness (QED) is 0.816. The smallest absolute Gasteiger partial charge is 0.303 e. The molecule has 2 rings (SSSR count). The van der Waals surface area contributed by atoms with Gasteiger partial charge < -0.3 is 4.57 Å². The molecule has 1 aromatic heterocycles. The number of aryl methyl sites for hydroxylation is 1. The summed E-state index contributed by atoms with van der Waals surface area (Å²) in [5.74, 6) is -0.519. The van der Waals surface area contributed by atoms with Crippen LogP contribution in [-0.2, 0) is 13.6 Å². The predicted molar refractivity (Wildman–Crippen MR) is 70.7 cm³/mol. The molecule has 5 heteroatoms. The number of nitriles is 1. The fourth-order valence-corrected chi connectivity index (χ4v) is 1.87. The second-order valence-corrected chi connectivity index (χ2v) is 4.25. The molecule has 0 amide bonds. The van der Waals surface area contributed by atoms with Gasteiger partial charge in [0.25, 0.3) is 5.56 Å². The van der Waals surface area contributed by atoms with Gasteiger partial charge in [-0.25, -0.2) is 4.79 Å². The third-order valence-electron chi connectivity index (χ3n) is 2.96. The highest BCUT2D eigenvalue weighted by Gasteiger charge is 2.14. The molecular formula is C14H13N3O2. The second kappa shape index (κ2) is 5.36. The lowest BCUT2D eigenvalue weighted by atomic mass is 10.0. The minimum Gasteiger partial charge on any atom is -0.303 e. The maximum atomic E-state index is 11.9. The van der Waals surface area contributed by atoms with Crippen molar-refractivity contribution < 1.29 is 0 Å². The van der Waals surface area contributed by atoms with Gasteiger partial charge in [0.15, 0.2) is 0 Å². The molecule has 5 nitrogen and oxygen atoms in total. The van der Waals surface area contributed by atoms with Crippen molar-refractivity contribution in [3.63, 3.8) is 0 Å². The molecule has 0 N–H and O–H groups in total. The van der Waals surface area contributed by atoms with Crippen LogP contribution in [0.2, 0.25) is 0 Å². The normalized spacial score (nSPS) is 11.8. The Morgan fingerprint density at radius 1 is 1.21 bits per heavy atom. The van der Waals surface area contributed by atoms with Crippen LogP contribution in [0.4, 0.5) is 0 Å². The third kappa shape index (κ3) is 2.63. The zero-order valence-electron chi connectivity index (χ0n) is 10.5. The van der Waals surface area contributed by atoms with Crippen LogP contribution in [0.15, 0.2) is 52.2 Å². The first-order chi connectivity index (χ1) is 9.13. The average Bonchev–Trinajstić information content (AvgIpc) is 2.44. The van der Waals surface area contributed by atoms with Crippen LogP contribution in [0.5, 0.6) is 0 Å². The van der Waals surface area contributed by atoms with E-state index in [-0.39, 0.29) is 12.1 Å². The van der Waals surface area contributed by atoms with E-state index in [2.05, 4.69) is 6.07 Å². The molecule has 0 bridgehead atoms. The largest absolute Gasteiger partial charge is 0.330 e. The fourth-order valence-electron chi connectivity index (χ4n) is 1.87. The number of nitrogens with zero attached hydrogens (tertiary/aromatic N) is 3. The van der Waals surface area contributed by atoms with Crippen LogP contribution >= 0.6 is 0 Å². The first-order valence-electron chi connectivity index (χ1n) is 5.84. The molecule has 0 aliphatic carbocycles. The summed E-state index contributed by atoms with van der Waals surface area (Å²) in [6.45, 7) is 0.0624. The van der Waals surface area contributed by atoms with Gasteiger partial charge in [-0.3, -0.25) is 9.36 Å². The summed E-state index contributed by atoms with van der Waals surface area (Å²) >= 11 is 0. The fraction of sp³-hybridized carbons (Fsp3) is 0.214. The van der Waals surface area contributed by atoms with E-state index in [1.54, 1.807) is 7.05 Å². The molecule has 0 saturated heterocycles. The Morgan fingerprint density at radius 2 is 1.89 bits per heavy atom. The van der Waals surface area contributed by atoms with E-state index in [1.807, 2.05) is 30.3 Å². The molecule has 0 aliphatic heterocycles. The molecule has 1 unspecified atom stereocenters. The molecule has 0 aliphatic rings. The summed E-state index contributed by atoms with van der Waals surface area (Å²) in [6, 6.07) is 12.6. The minimum absolute atomic E-state index is 0.0624. The van der Waals surface area contributed by atoms with Crippen LogP contribution in [0.25, 0.3) is 0 Å². The van der Waals surface area contributed by atoms with Gasteiger partial charge in [-0.1, -0.05) is 30.3 Å². The van der Waals surface area contributed by atoms with Gasteiger partial charge in [-0.05, 0) is 5.56 Å². The van der Waals surface area contributed by atoms with Crippen molar-refractivity contribution >= 4 is 0 Å². The van der Waals surface area contributed by atoms with Crippen molar-refractivity contribution in [3.8, 4) is 6.07 Å². The molecule has 1 heterocycles. The zero-order valence-corrected chi connectivity index (χ0v) is 10.5. The lowest BCUT2D eigenvalue weighted by Gasteiger charge is -2.11. The Hall–Kier alpha value is -2.61. The monoisotopic (exact) mass is 255 g/mol. The van der Waals surface area contributed by atoms with Gasteiger partial charge in [0.05, 0.1) is 18.5 Å². The van der Waals surface area contributed by atoms with Crippen LogP contribution in [-0.4, -0.2) is 9.13 Å². The van der Waals surface area contributed by atoms with Crippen LogP contribution in [0.1, 0.15) is 11.5 Å². The first-order valence-corrected chi connectivity index (χ1v) is 5.84. The summed E-state index contributed by atoms with van der Waals surface area (Å²) in [7, 11) is 1.57. The second-order valence-electron chi connectivity index (χ2n) is 4.25. The number of rotatable bonds is 3. The van der Waals surface area contributed by atoms with E-state index < -0.39 is 11.6 Å². The lowest BCUT2D eigenvalue weighted by molar-refractivity contribution is 0.562. The van der Waals surface area contributed by atoms with Gasteiger partial charge in [-0.15, -0.1) is 0 Å². The van der Waals surface area contributed by atoms with Crippen LogP contribution in [0.3, 0.4) is 0 Å². The van der Waals surface area contributed by atoms with E-state index in [4.69, 9.17) is 0 Å². The van der Waals surface area contributed by atoms with Crippen molar-refractivity contribution in [3.05, 3.63) is 69.0 Å². The predicted octanol–water partition coefficient (Wildman–Crippen LogP) is 0.854. The highest BCUT2D eigenvalue weighted by Crippen LogP contribution is 2.15. The maximum absolute atomic E-state index is 11.9. The topological polar surface area (TPSA) is 67.8 Å². The van der Waals surface area contributed by atoms with E-state index >= 15 is 0 Å². The van der Waals surface area contributed by atoms with E-state index in [0.29, 0.717) is 0 Å². The number of hydrogen-bond acceptors (Lipinski definition) is 3. The molecule has 1 aromatic carbocycles. The molecule has 0 radical (unpaired) electrons. The zero-order chi connectivity index (χ0) is 13.8. The van der Waals surface area contributed by atoms with Gasteiger partial charge in [0.2, 0.25) is 0 Å². The van der Waals surface area contributed by atoms with Gasteiger partial charge in [-0.2, -0.15) is 5.26 Å². The summed E-state index contributed by atoms with van der Waals surface area (Å²) in [4.78, 5) is 23.6. The molecule has 1 atom stereocenters. The van der Waals surface area contributed by atoms with Crippen LogP contribution in [0, 0.1) is 11.3 Å². The van der Waals surface area contributed by atoms with Gasteiger partial charge in [0.1, 0.15) is 0 Å². The summed E-state index contributed by atoms with van der Waals surface area (Å²) in [5.41, 5.74) is -0.00855. The Morgan fingerprint density at radius 3 is 2.53 bits per heavy atom. The standard InChI is InChI=1S/C14H13N3O2/c1-16-8-7-13(18)17(14(16)19)10-12(9-15)11-5-3-2-4-6-11/h2-8,12H,10H2,1H3. The number of benzene rings is 1. The van der Waals surface area contributed by atoms with E-state index in [1.165, 1.54) is 16.8 Å². The maximum Gasteiger partial charge on any atom is 0.330 e. The van der Waals surface area contributed by atoms with E-state index in [9.17, 15) is 14.9 Å². The highest BCUT2D eigenvalue weighted by molar-refractivity contribution is 5.24. The Balaban J connectivity index is 2.41. The minimum atomic E-state index is -0.519. The molecule has 0 saturated carbocycles. The van der Waals surface area contributed by atoms with E-state index in [0.717, 1.165) is 10.1 Å². The van der Waals surface area contributed by atoms with Gasteiger partial charge >= 0.3 is 5.69 Å². The highest BCUT2D eigenvalue weighted by atomic mass is 16.2. The number of hydrogen-bond donors (Lipinski definition) is 0. The summed E-state index contributed by atoms with van der Waals surface area (Å²) in [6.07, 6.45) is 1.42. The molecule has 2 aromatic rings. The summed E-state index contributed by atoms with van der Waals surface area (Å²) in [5, 5.41) is 9.22. The van der Waals surface area contributed by atoms with Crippen molar-refractivity contribution in [1.29, 1.82) is 5.26 Å². The Bertz CT molecular complexity index is 723. The molecule has 19 heavy (non-hydrogen) atoms. The van der Waals surface area contributed by atoms with Gasteiger partial charge in [0, 0.05) is 19.3 Å². The van der Waals surface area contributed by atoms with Crippen molar-refractivity contribution in [2.45, 2.75) is 12.5 Å². The van der Waals surface area contributed by atoms with Crippen molar-refractivity contribution in [2.75, 3.05) is 0 Å². The third-order valence-corrected chi connectivity index (χ3v) is 2.96. The SMILES string of the molecule is Cn1ccc(=O)n(CC(C#N)c2ccccc2)c1=O. The number of aromatic nitrogens is 2. The summed E-state index contributed by atoms with van der Waals surface area (Å²) < 4.78 is 2.40. The molecule has 96 valence electrons. The Kier molecular flexibility index (Phi) is 3.62. The average molecular weight is 255 g/mol. The lowest BCUT2D eigenvalue weighted by Crippen LogP contribution is -2.39. The molecule has 0 spiro atoms. The molecular weight excluding hydrogens is 242 g/mol. The first kappa shape index (κ1) is 12.8. The Labute approximate surface area is 110 Å². The van der Waals surface area contributed by atoms with Crippen LogP contribution < -0.4 is 11.2 Å². The van der Waals surface area contributed by atoms with Crippen molar-refractivity contribution in [1.82, 2.24) is 9.13 Å². The molecule has 0 fully saturated rings. The van der Waals surface area contributed by atoms with Crippen molar-refractivity contribution in [2.24, 2.45) is 7.05 Å².